The molecule has 0 unspecified atom stereocenters. The number of carbonyl (C=O) groups is 3. The molecule has 1 amide bonds. The second-order valence-electron chi connectivity index (χ2n) is 9.99. The molecule has 0 atom stereocenters. The number of alkyl carbamates (subject to hydrolysis) is 1. The molecule has 0 radical (unpaired) electrons. The predicted molar refractivity (Wildman–Crippen MR) is 123 cm³/mol. The largest absolute Gasteiger partial charge is 0.490 e. The number of aromatic nitrogens is 2. The number of nitrogens with one attached hydrogen (secondary N) is 2. The molecule has 2 saturated carbocycles. The smallest absolute Gasteiger partial charge is 0.475 e. The van der Waals surface area contributed by atoms with Crippen LogP contribution in [0.15, 0.2) is 6.07 Å². The second kappa shape index (κ2) is 13.3. The number of amides is 1. The van der Waals surface area contributed by atoms with Gasteiger partial charge in [-0.1, -0.05) is 0 Å². The van der Waals surface area contributed by atoms with Crippen LogP contribution in [0.1, 0.15) is 62.8 Å². The first kappa shape index (κ1) is 32.2. The topological polar surface area (TPSA) is 145 Å². The summed E-state index contributed by atoms with van der Waals surface area (Å²) in [5, 5.41) is 24.7. The molecule has 3 fully saturated rings. The number of nitrogens with zero attached hydrogens (tertiary/aromatic N) is 2. The molecule has 1 aliphatic heterocycles. The number of aromatic amines is 1. The highest BCUT2D eigenvalue weighted by molar-refractivity contribution is 5.73. The fourth-order valence-corrected chi connectivity index (χ4v) is 4.82. The molecule has 1 spiro atoms. The number of hydrogen-bond acceptors (Lipinski definition) is 6. The minimum Gasteiger partial charge on any atom is -0.475 e. The van der Waals surface area contributed by atoms with Crippen molar-refractivity contribution < 1.29 is 55.7 Å². The Hall–Kier alpha value is -3.04. The van der Waals surface area contributed by atoms with E-state index in [2.05, 4.69) is 26.5 Å². The van der Waals surface area contributed by atoms with E-state index in [1.54, 1.807) is 0 Å². The second-order valence-corrected chi connectivity index (χ2v) is 9.99. The minimum atomic E-state index is -5.08. The highest BCUT2D eigenvalue weighted by atomic mass is 19.4. The third kappa shape index (κ3) is 10.9. The van der Waals surface area contributed by atoms with Crippen molar-refractivity contribution in [3.8, 4) is 0 Å². The Morgan fingerprint density at radius 1 is 1.05 bits per heavy atom. The van der Waals surface area contributed by atoms with Gasteiger partial charge in [-0.2, -0.15) is 31.4 Å². The number of aliphatic carboxylic acids is 2. The molecule has 1 aromatic heterocycles. The van der Waals surface area contributed by atoms with Crippen molar-refractivity contribution in [3.05, 3.63) is 17.5 Å². The third-order valence-corrected chi connectivity index (χ3v) is 6.80. The fourth-order valence-electron chi connectivity index (χ4n) is 4.82. The van der Waals surface area contributed by atoms with Gasteiger partial charge in [-0.3, -0.25) is 10.00 Å². The van der Waals surface area contributed by atoms with Crippen LogP contribution in [0.25, 0.3) is 0 Å². The molecule has 2 aliphatic carbocycles. The van der Waals surface area contributed by atoms with Gasteiger partial charge in [0, 0.05) is 18.3 Å². The Labute approximate surface area is 220 Å². The predicted octanol–water partition coefficient (Wildman–Crippen LogP) is 4.40. The maximum absolute atomic E-state index is 12.0. The van der Waals surface area contributed by atoms with Crippen LogP contribution in [0.5, 0.6) is 0 Å². The highest BCUT2D eigenvalue weighted by Crippen LogP contribution is 2.49. The van der Waals surface area contributed by atoms with E-state index in [0.717, 1.165) is 56.7 Å². The molecule has 16 heteroatoms. The zero-order chi connectivity index (χ0) is 29.4. The normalized spacial score (nSPS) is 19.7. The summed E-state index contributed by atoms with van der Waals surface area (Å²) in [5.74, 6) is -5.51. The number of hydrogen-bond donors (Lipinski definition) is 4. The van der Waals surface area contributed by atoms with Gasteiger partial charge in [0.15, 0.2) is 0 Å². The Balaban J connectivity index is 0.000000317. The summed E-state index contributed by atoms with van der Waals surface area (Å²) in [4.78, 5) is 32.3. The number of H-pyrrole nitrogens is 1. The highest BCUT2D eigenvalue weighted by Gasteiger charge is 2.46. The molecule has 0 aromatic carbocycles. The monoisotopic (exact) mass is 574 g/mol. The maximum Gasteiger partial charge on any atom is 0.490 e. The summed E-state index contributed by atoms with van der Waals surface area (Å²) in [6.07, 6.45) is -1.07. The van der Waals surface area contributed by atoms with Gasteiger partial charge < -0.3 is 20.3 Å². The lowest BCUT2D eigenvalue weighted by Crippen LogP contribution is -2.55. The van der Waals surface area contributed by atoms with Crippen LogP contribution in [0.3, 0.4) is 0 Å². The van der Waals surface area contributed by atoms with Crippen LogP contribution in [-0.2, 0) is 20.9 Å². The van der Waals surface area contributed by atoms with Gasteiger partial charge in [0.2, 0.25) is 0 Å². The van der Waals surface area contributed by atoms with Crippen LogP contribution in [0.4, 0.5) is 31.1 Å². The number of likely N-dealkylation sites (tertiary alicyclic amines) is 1. The van der Waals surface area contributed by atoms with Crippen molar-refractivity contribution in [1.29, 1.82) is 0 Å². The number of ether oxygens (including phenoxy) is 1. The molecule has 10 nitrogen and oxygen atoms in total. The lowest BCUT2D eigenvalue weighted by molar-refractivity contribution is -0.193. The molecular formula is C23H32F6N4O6. The fraction of sp³-hybridized carbons (Fsp3) is 0.739. The van der Waals surface area contributed by atoms with Gasteiger partial charge in [0.1, 0.15) is 6.10 Å². The molecule has 4 N–H and O–H groups in total. The zero-order valence-corrected chi connectivity index (χ0v) is 21.2. The minimum absolute atomic E-state index is 0.156. The standard InChI is InChI=1S/C19H30N4O2.2C2HF3O2/c1-14-10-15(22-21-14)13-23-8-6-19(7-9-23)11-16(12-19)20-18(24)25-17-4-2-3-5-17;2*3-2(4,5)1(6)7/h10,16-17H,2-9,11-13H2,1H3,(H,20,24)(H,21,22);2*(H,6,7). The van der Waals surface area contributed by atoms with Gasteiger partial charge >= 0.3 is 30.4 Å². The SMILES string of the molecule is Cc1cc(CN2CCC3(CC2)CC(NC(=O)OC2CCCC2)C3)n[nH]1.O=C(O)C(F)(F)F.O=C(O)C(F)(F)F. The summed E-state index contributed by atoms with van der Waals surface area (Å²) < 4.78 is 69.0. The number of carboxylic acids is 2. The molecule has 1 saturated heterocycles. The first-order chi connectivity index (χ1) is 18.0. The van der Waals surface area contributed by atoms with E-state index in [1.807, 2.05) is 6.92 Å². The van der Waals surface area contributed by atoms with Crippen LogP contribution < -0.4 is 5.32 Å². The van der Waals surface area contributed by atoms with Crippen LogP contribution in [0, 0.1) is 12.3 Å². The van der Waals surface area contributed by atoms with Gasteiger partial charge in [0.25, 0.3) is 0 Å². The number of piperidine rings is 1. The molecular weight excluding hydrogens is 542 g/mol. The van der Waals surface area contributed by atoms with Gasteiger partial charge in [-0.05, 0) is 82.9 Å². The van der Waals surface area contributed by atoms with Crippen molar-refractivity contribution >= 4 is 18.0 Å². The summed E-state index contributed by atoms with van der Waals surface area (Å²) in [7, 11) is 0. The first-order valence-electron chi connectivity index (χ1n) is 12.3. The third-order valence-electron chi connectivity index (χ3n) is 6.80. The summed E-state index contributed by atoms with van der Waals surface area (Å²) in [5.41, 5.74) is 2.71. The molecule has 4 rings (SSSR count). The maximum atomic E-state index is 12.0. The number of aryl methyl sites for hydroxylation is 1. The zero-order valence-electron chi connectivity index (χ0n) is 21.2. The van der Waals surface area contributed by atoms with E-state index in [0.29, 0.717) is 11.5 Å². The van der Waals surface area contributed by atoms with E-state index < -0.39 is 24.3 Å². The first-order valence-corrected chi connectivity index (χ1v) is 12.3. The van der Waals surface area contributed by atoms with Gasteiger partial charge in [-0.15, -0.1) is 0 Å². The van der Waals surface area contributed by atoms with Crippen LogP contribution in [0.2, 0.25) is 0 Å². The van der Waals surface area contributed by atoms with E-state index >= 15 is 0 Å². The van der Waals surface area contributed by atoms with Crippen molar-refractivity contribution in [3.63, 3.8) is 0 Å². The van der Waals surface area contributed by atoms with E-state index in [-0.39, 0.29) is 12.2 Å². The molecule has 2 heterocycles. The number of carbonyl (C=O) groups excluding carboxylic acids is 1. The molecule has 1 aromatic rings. The molecule has 39 heavy (non-hydrogen) atoms. The molecule has 0 bridgehead atoms. The lowest BCUT2D eigenvalue weighted by atomic mass is 9.60. The van der Waals surface area contributed by atoms with E-state index in [9.17, 15) is 31.1 Å². The van der Waals surface area contributed by atoms with E-state index in [1.165, 1.54) is 25.7 Å². The number of halogens is 6. The number of rotatable bonds is 4. The Morgan fingerprint density at radius 3 is 1.95 bits per heavy atom. The van der Waals surface area contributed by atoms with Crippen molar-refractivity contribution in [2.45, 2.75) is 89.3 Å². The Morgan fingerprint density at radius 2 is 1.54 bits per heavy atom. The quantitative estimate of drug-likeness (QED) is 0.388. The average Bonchev–Trinajstić information content (AvgIpc) is 3.45. The van der Waals surface area contributed by atoms with E-state index in [4.69, 9.17) is 24.5 Å². The van der Waals surface area contributed by atoms with Crippen molar-refractivity contribution in [1.82, 2.24) is 20.4 Å². The summed E-state index contributed by atoms with van der Waals surface area (Å²) >= 11 is 0. The van der Waals surface area contributed by atoms with Crippen molar-refractivity contribution in [2.75, 3.05) is 13.1 Å². The lowest BCUT2D eigenvalue weighted by Gasteiger charge is -2.52. The number of carboxylic acid groups (broad SMARTS) is 2. The Bertz CT molecular complexity index is 937. The molecule has 222 valence electrons. The molecule has 3 aliphatic rings. The Kier molecular flexibility index (Phi) is 11.0. The van der Waals surface area contributed by atoms with Crippen LogP contribution >= 0.6 is 0 Å². The van der Waals surface area contributed by atoms with Gasteiger partial charge in [-0.25, -0.2) is 14.4 Å². The number of alkyl halides is 6. The van der Waals surface area contributed by atoms with Gasteiger partial charge in [0.05, 0.1) is 5.69 Å². The van der Waals surface area contributed by atoms with Crippen LogP contribution in [-0.4, -0.2) is 80.9 Å². The van der Waals surface area contributed by atoms with Crippen molar-refractivity contribution in [2.24, 2.45) is 5.41 Å². The summed E-state index contributed by atoms with van der Waals surface area (Å²) in [6, 6.07) is 2.44. The summed E-state index contributed by atoms with van der Waals surface area (Å²) in [6.45, 7) is 5.24. The average molecular weight is 575 g/mol.